The van der Waals surface area contributed by atoms with Crippen LogP contribution in [0, 0.1) is 5.82 Å². The van der Waals surface area contributed by atoms with Gasteiger partial charge >= 0.3 is 5.97 Å². The molecule has 1 heterocycles. The number of hydrogen-bond acceptors (Lipinski definition) is 3. The van der Waals surface area contributed by atoms with Crippen molar-refractivity contribution in [2.75, 3.05) is 20.3 Å². The topological polar surface area (TPSA) is 66.8 Å². The Labute approximate surface area is 126 Å². The number of nitrogens with zero attached hydrogens (tertiary/aromatic N) is 1. The number of ether oxygens (including phenoxy) is 1. The van der Waals surface area contributed by atoms with Crippen molar-refractivity contribution in [1.82, 2.24) is 4.90 Å². The fourth-order valence-electron chi connectivity index (χ4n) is 2.68. The molecule has 1 aromatic carbocycles. The average molecular weight is 316 g/mol. The molecule has 5 nitrogen and oxygen atoms in total. The lowest BCUT2D eigenvalue weighted by Crippen LogP contribution is -2.56. The fourth-order valence-corrected chi connectivity index (χ4v) is 2.93. The Kier molecular flexibility index (Phi) is 4.49. The number of hydrogen-bond donors (Lipinski definition) is 1. The molecule has 21 heavy (non-hydrogen) atoms. The summed E-state index contributed by atoms with van der Waals surface area (Å²) in [6.07, 6.45) is 0.765. The highest BCUT2D eigenvalue weighted by Gasteiger charge is 2.50. The van der Waals surface area contributed by atoms with E-state index in [9.17, 15) is 19.1 Å². The van der Waals surface area contributed by atoms with E-state index < -0.39 is 23.2 Å². The molecule has 114 valence electrons. The van der Waals surface area contributed by atoms with Gasteiger partial charge in [0.15, 0.2) is 5.54 Å². The van der Waals surface area contributed by atoms with E-state index in [4.69, 9.17) is 16.3 Å². The number of amides is 1. The third kappa shape index (κ3) is 2.61. The highest BCUT2D eigenvalue weighted by atomic mass is 35.5. The molecule has 1 aliphatic heterocycles. The summed E-state index contributed by atoms with van der Waals surface area (Å²) >= 11 is 5.89. The van der Waals surface area contributed by atoms with Gasteiger partial charge in [0.2, 0.25) is 0 Å². The number of carbonyl (C=O) groups is 2. The van der Waals surface area contributed by atoms with E-state index in [-0.39, 0.29) is 30.2 Å². The van der Waals surface area contributed by atoms with Crippen LogP contribution in [0.2, 0.25) is 5.02 Å². The molecule has 2 rings (SSSR count). The molecular formula is C14H15ClFNO4. The minimum atomic E-state index is -1.47. The van der Waals surface area contributed by atoms with Crippen LogP contribution in [-0.4, -0.2) is 47.7 Å². The van der Waals surface area contributed by atoms with E-state index in [1.165, 1.54) is 19.2 Å². The molecule has 1 N–H and O–H groups in total. The average Bonchev–Trinajstić information content (AvgIpc) is 2.84. The number of aliphatic carboxylic acids is 1. The zero-order valence-electron chi connectivity index (χ0n) is 11.4. The number of carbonyl (C=O) groups excluding carboxylic acids is 1. The predicted octanol–water partition coefficient (Wildman–Crippen LogP) is 2.18. The number of benzene rings is 1. The second kappa shape index (κ2) is 5.99. The van der Waals surface area contributed by atoms with Crippen molar-refractivity contribution in [3.05, 3.63) is 34.6 Å². The maximum Gasteiger partial charge on any atom is 0.332 e. The smallest absolute Gasteiger partial charge is 0.332 e. The van der Waals surface area contributed by atoms with Crippen molar-refractivity contribution in [1.29, 1.82) is 0 Å². The molecule has 7 heteroatoms. The third-order valence-corrected chi connectivity index (χ3v) is 4.01. The van der Waals surface area contributed by atoms with Gasteiger partial charge in [0.05, 0.1) is 17.2 Å². The molecule has 1 aliphatic rings. The molecule has 0 bridgehead atoms. The lowest BCUT2D eigenvalue weighted by Gasteiger charge is -2.34. The normalized spacial score (nSPS) is 21.6. The Bertz CT molecular complexity index is 560. The van der Waals surface area contributed by atoms with Crippen LogP contribution in [0.1, 0.15) is 23.2 Å². The summed E-state index contributed by atoms with van der Waals surface area (Å²) in [4.78, 5) is 25.3. The zero-order valence-corrected chi connectivity index (χ0v) is 12.2. The van der Waals surface area contributed by atoms with E-state index in [1.807, 2.05) is 0 Å². The first-order valence-electron chi connectivity index (χ1n) is 6.42. The SMILES string of the molecule is COCC1(C(=O)O)CCCN1C(=O)c1c(F)cccc1Cl. The van der Waals surface area contributed by atoms with Crippen LogP contribution in [0.3, 0.4) is 0 Å². The van der Waals surface area contributed by atoms with E-state index in [0.29, 0.717) is 6.42 Å². The van der Waals surface area contributed by atoms with Gasteiger partial charge in [-0.2, -0.15) is 0 Å². The third-order valence-electron chi connectivity index (χ3n) is 3.69. The van der Waals surface area contributed by atoms with Gasteiger partial charge in [-0.15, -0.1) is 0 Å². The molecule has 1 saturated heterocycles. The molecule has 0 spiro atoms. The lowest BCUT2D eigenvalue weighted by atomic mass is 9.96. The highest BCUT2D eigenvalue weighted by Crippen LogP contribution is 2.33. The largest absolute Gasteiger partial charge is 0.479 e. The molecule has 0 radical (unpaired) electrons. The van der Waals surface area contributed by atoms with Crippen molar-refractivity contribution in [2.24, 2.45) is 0 Å². The molecule has 0 saturated carbocycles. The Hall–Kier alpha value is -1.66. The second-order valence-electron chi connectivity index (χ2n) is 4.93. The highest BCUT2D eigenvalue weighted by molar-refractivity contribution is 6.33. The van der Waals surface area contributed by atoms with Crippen LogP contribution in [0.4, 0.5) is 4.39 Å². The van der Waals surface area contributed by atoms with Crippen LogP contribution in [0.15, 0.2) is 18.2 Å². The summed E-state index contributed by atoms with van der Waals surface area (Å²) in [5.41, 5.74) is -1.78. The Morgan fingerprint density at radius 3 is 2.81 bits per heavy atom. The van der Waals surface area contributed by atoms with Crippen molar-refractivity contribution in [3.63, 3.8) is 0 Å². The van der Waals surface area contributed by atoms with Gasteiger partial charge < -0.3 is 14.7 Å². The standard InChI is InChI=1S/C14H15ClFNO4/c1-21-8-14(13(19)20)6-3-7-17(14)12(18)11-9(15)4-2-5-10(11)16/h2,4-5H,3,6-8H2,1H3,(H,19,20). The predicted molar refractivity (Wildman–Crippen MR) is 73.9 cm³/mol. The maximum atomic E-state index is 13.9. The number of carboxylic acids is 1. The van der Waals surface area contributed by atoms with Crippen molar-refractivity contribution < 1.29 is 23.8 Å². The van der Waals surface area contributed by atoms with Crippen LogP contribution in [0.25, 0.3) is 0 Å². The van der Waals surface area contributed by atoms with Gasteiger partial charge in [-0.25, -0.2) is 9.18 Å². The van der Waals surface area contributed by atoms with E-state index in [1.54, 1.807) is 0 Å². The van der Waals surface area contributed by atoms with Gasteiger partial charge in [0.25, 0.3) is 5.91 Å². The maximum absolute atomic E-state index is 13.9. The number of halogens is 2. The molecule has 1 amide bonds. The van der Waals surface area contributed by atoms with Crippen LogP contribution in [-0.2, 0) is 9.53 Å². The van der Waals surface area contributed by atoms with Gasteiger partial charge in [0.1, 0.15) is 5.82 Å². The molecular weight excluding hydrogens is 301 g/mol. The van der Waals surface area contributed by atoms with Gasteiger partial charge in [-0.1, -0.05) is 17.7 Å². The number of rotatable bonds is 4. The van der Waals surface area contributed by atoms with Gasteiger partial charge in [0, 0.05) is 13.7 Å². The Balaban J connectivity index is 2.44. The summed E-state index contributed by atoms with van der Waals surface area (Å²) in [6, 6.07) is 3.90. The number of methoxy groups -OCH3 is 1. The molecule has 1 aromatic rings. The van der Waals surface area contributed by atoms with Crippen LogP contribution in [0.5, 0.6) is 0 Å². The van der Waals surface area contributed by atoms with Gasteiger partial charge in [-0.3, -0.25) is 4.79 Å². The molecule has 0 aromatic heterocycles. The zero-order chi connectivity index (χ0) is 15.6. The van der Waals surface area contributed by atoms with Crippen LogP contribution < -0.4 is 0 Å². The summed E-state index contributed by atoms with van der Waals surface area (Å²) < 4.78 is 18.8. The van der Waals surface area contributed by atoms with Crippen LogP contribution >= 0.6 is 11.6 Å². The first-order valence-corrected chi connectivity index (χ1v) is 6.80. The molecule has 0 aliphatic carbocycles. The minimum Gasteiger partial charge on any atom is -0.479 e. The number of likely N-dealkylation sites (tertiary alicyclic amines) is 1. The van der Waals surface area contributed by atoms with E-state index in [2.05, 4.69) is 0 Å². The van der Waals surface area contributed by atoms with E-state index >= 15 is 0 Å². The van der Waals surface area contributed by atoms with Crippen molar-refractivity contribution >= 4 is 23.5 Å². The van der Waals surface area contributed by atoms with Gasteiger partial charge in [-0.05, 0) is 25.0 Å². The lowest BCUT2D eigenvalue weighted by molar-refractivity contribution is -0.151. The summed E-state index contributed by atoms with van der Waals surface area (Å²) in [5, 5.41) is 9.46. The molecule has 1 atom stereocenters. The summed E-state index contributed by atoms with van der Waals surface area (Å²) in [7, 11) is 1.36. The molecule has 1 fully saturated rings. The number of carboxylic acid groups (broad SMARTS) is 1. The summed E-state index contributed by atoms with van der Waals surface area (Å²) in [6.45, 7) is 0.0688. The summed E-state index contributed by atoms with van der Waals surface area (Å²) in [5.74, 6) is -2.66. The minimum absolute atomic E-state index is 0.0383. The van der Waals surface area contributed by atoms with Crippen molar-refractivity contribution in [3.8, 4) is 0 Å². The first kappa shape index (κ1) is 15.7. The van der Waals surface area contributed by atoms with E-state index in [0.717, 1.165) is 11.0 Å². The Morgan fingerprint density at radius 1 is 1.52 bits per heavy atom. The Morgan fingerprint density at radius 2 is 2.24 bits per heavy atom. The van der Waals surface area contributed by atoms with Crippen molar-refractivity contribution in [2.45, 2.75) is 18.4 Å². The fraction of sp³-hybridized carbons (Fsp3) is 0.429. The second-order valence-corrected chi connectivity index (χ2v) is 5.33. The quantitative estimate of drug-likeness (QED) is 0.925. The monoisotopic (exact) mass is 315 g/mol. The first-order chi connectivity index (χ1) is 9.94. The molecule has 1 unspecified atom stereocenters.